The van der Waals surface area contributed by atoms with Gasteiger partial charge in [-0.1, -0.05) is 208 Å². The van der Waals surface area contributed by atoms with Crippen molar-refractivity contribution in [2.45, 2.75) is 38.0 Å². The normalized spacial score (nSPS) is 13.1. The third-order valence-corrected chi connectivity index (χ3v) is 15.4. The van der Waals surface area contributed by atoms with Crippen LogP contribution in [-0.2, 0) is 11.8 Å². The second kappa shape index (κ2) is 17.7. The molecule has 0 aliphatic heterocycles. The molecule has 1 unspecified atom stereocenters. The fourth-order valence-electron chi connectivity index (χ4n) is 11.6. The second-order valence-corrected chi connectivity index (χ2v) is 19.9. The van der Waals surface area contributed by atoms with Gasteiger partial charge < -0.3 is 4.42 Å². The summed E-state index contributed by atoms with van der Waals surface area (Å²) in [6, 6.07) is 81.6. The molecule has 12 aromatic rings. The number of aryl methyl sites for hydroxylation is 1. The molecule has 13 rings (SSSR count). The van der Waals surface area contributed by atoms with Gasteiger partial charge in [-0.05, 0) is 122 Å². The molecule has 5 nitrogen and oxygen atoms in total. The number of benzene rings is 10. The van der Waals surface area contributed by atoms with Gasteiger partial charge in [0.25, 0.3) is 5.56 Å². The van der Waals surface area contributed by atoms with Crippen molar-refractivity contribution in [1.82, 2.24) is 9.13 Å². The summed E-state index contributed by atoms with van der Waals surface area (Å²) >= 11 is 0. The van der Waals surface area contributed by atoms with Crippen LogP contribution in [0.1, 0.15) is 54.0 Å². The van der Waals surface area contributed by atoms with Gasteiger partial charge in [-0.2, -0.15) is 0 Å². The number of aromatic nitrogens is 2. The summed E-state index contributed by atoms with van der Waals surface area (Å²) in [5, 5.41) is 2.71. The maximum Gasteiger partial charge on any atom is 0.340 e. The molecule has 0 spiro atoms. The Balaban J connectivity index is 0.844. The van der Waals surface area contributed by atoms with Crippen molar-refractivity contribution in [2.75, 3.05) is 0 Å². The summed E-state index contributed by atoms with van der Waals surface area (Å²) < 4.78 is 9.40. The highest BCUT2D eigenvalue weighted by atomic mass is 16.3. The lowest BCUT2D eigenvalue weighted by molar-refractivity contribution is 0.658. The first-order chi connectivity index (χ1) is 35.8. The maximum atomic E-state index is 14.6. The Morgan fingerprint density at radius 2 is 1.03 bits per heavy atom. The quantitative estimate of drug-likeness (QED) is 0.137. The monoisotopic (exact) mass is 942 g/mol. The van der Waals surface area contributed by atoms with E-state index >= 15 is 0 Å². The zero-order chi connectivity index (χ0) is 49.2. The summed E-state index contributed by atoms with van der Waals surface area (Å²) in [4.78, 5) is 28.7. The Labute approximate surface area is 423 Å². The van der Waals surface area contributed by atoms with Crippen molar-refractivity contribution in [1.29, 1.82) is 0 Å². The van der Waals surface area contributed by atoms with Crippen molar-refractivity contribution in [3.8, 4) is 55.9 Å². The van der Waals surface area contributed by atoms with E-state index in [0.29, 0.717) is 22.3 Å². The number of rotatable bonds is 10. The lowest BCUT2D eigenvalue weighted by Gasteiger charge is -2.22. The van der Waals surface area contributed by atoms with Crippen LogP contribution in [0.5, 0.6) is 0 Å². The predicted molar refractivity (Wildman–Crippen MR) is 299 cm³/mol. The van der Waals surface area contributed by atoms with E-state index in [1.807, 2.05) is 97.1 Å². The number of fused-ring (bicyclic) bond motifs is 7. The highest BCUT2D eigenvalue weighted by molar-refractivity contribution is 6.09. The molecule has 73 heavy (non-hydrogen) atoms. The molecule has 1 aliphatic rings. The topological polar surface area (TPSA) is 57.1 Å². The van der Waals surface area contributed by atoms with Crippen LogP contribution >= 0.6 is 0 Å². The Morgan fingerprint density at radius 1 is 0.452 bits per heavy atom. The molecule has 2 heterocycles. The van der Waals surface area contributed by atoms with E-state index in [4.69, 9.17) is 4.42 Å². The highest BCUT2D eigenvalue weighted by Crippen LogP contribution is 2.50. The smallest absolute Gasteiger partial charge is 0.340 e. The van der Waals surface area contributed by atoms with E-state index in [2.05, 4.69) is 147 Å². The number of hydrogen-bond donors (Lipinski definition) is 0. The van der Waals surface area contributed by atoms with Gasteiger partial charge in [0.15, 0.2) is 0 Å². The average Bonchev–Trinajstić information content (AvgIpc) is 3.94. The summed E-state index contributed by atoms with van der Waals surface area (Å²) in [6.45, 7) is 4.70. The first kappa shape index (κ1) is 43.9. The first-order valence-electron chi connectivity index (χ1n) is 25.2. The molecule has 1 atom stereocenters. The number of para-hydroxylation sites is 3. The van der Waals surface area contributed by atoms with Crippen LogP contribution in [0, 0.1) is 0 Å². The molecule has 350 valence electrons. The van der Waals surface area contributed by atoms with E-state index in [-0.39, 0.29) is 16.9 Å². The first-order valence-corrected chi connectivity index (χ1v) is 25.2. The predicted octanol–water partition coefficient (Wildman–Crippen LogP) is 16.1. The standard InChI is InChI=1S/C68H50N2O3/c1-68(2)60-25-9-6-21-58(60)64-50(17-13-26-61(64)68)39-42-54(48-33-35-49(36-34-48)55-23-14-24-57-56-20-8-11-28-63(56)73-65(55)57)47-31-29-45(30-32-47)46-37-40-52(41-38-46)69-62-27-10-7-22-59(62)66(71)70(67(69)72)53-19-12-18-51(43-53)44-15-4-3-5-16-44/h3-38,40-41,43,54H,39,42H2,1-2H3. The third-order valence-electron chi connectivity index (χ3n) is 15.4. The summed E-state index contributed by atoms with van der Waals surface area (Å²) in [6.07, 6.45) is 1.84. The fraction of sp³-hybridized carbons (Fsp3) is 0.0882. The van der Waals surface area contributed by atoms with E-state index < -0.39 is 5.69 Å². The molecule has 2 aromatic heterocycles. The van der Waals surface area contributed by atoms with E-state index in [1.165, 1.54) is 43.5 Å². The van der Waals surface area contributed by atoms with Crippen molar-refractivity contribution in [2.24, 2.45) is 0 Å². The molecule has 10 aromatic carbocycles. The summed E-state index contributed by atoms with van der Waals surface area (Å²) in [7, 11) is 0. The van der Waals surface area contributed by atoms with Gasteiger partial charge in [0.1, 0.15) is 11.2 Å². The molecule has 0 fully saturated rings. The molecule has 0 saturated carbocycles. The Hall–Kier alpha value is -9.06. The van der Waals surface area contributed by atoms with Gasteiger partial charge >= 0.3 is 5.69 Å². The van der Waals surface area contributed by atoms with Crippen LogP contribution in [0.25, 0.3) is 88.7 Å². The molecule has 0 amide bonds. The SMILES string of the molecule is CC1(C)c2ccccc2-c2c(CCC(c3ccc(-c4ccc(-n5c(=O)n(-c6cccc(-c7ccccc7)c6)c(=O)c6ccccc65)cc4)cc3)c3ccc(-c4cccc5c4oc4ccccc45)cc3)cccc21. The minimum Gasteiger partial charge on any atom is -0.455 e. The van der Waals surface area contributed by atoms with Crippen LogP contribution in [0.15, 0.2) is 251 Å². The Morgan fingerprint density at radius 3 is 1.81 bits per heavy atom. The van der Waals surface area contributed by atoms with E-state index in [9.17, 15) is 9.59 Å². The second-order valence-electron chi connectivity index (χ2n) is 19.9. The Bertz CT molecular complexity index is 4200. The van der Waals surface area contributed by atoms with Crippen molar-refractivity contribution >= 4 is 32.8 Å². The van der Waals surface area contributed by atoms with Crippen molar-refractivity contribution in [3.63, 3.8) is 0 Å². The van der Waals surface area contributed by atoms with Gasteiger partial charge in [0.2, 0.25) is 0 Å². The zero-order valence-corrected chi connectivity index (χ0v) is 40.6. The molecule has 0 saturated heterocycles. The largest absolute Gasteiger partial charge is 0.455 e. The van der Waals surface area contributed by atoms with Gasteiger partial charge in [0.05, 0.1) is 22.3 Å². The van der Waals surface area contributed by atoms with Gasteiger partial charge in [-0.25, -0.2) is 9.36 Å². The molecule has 0 bridgehead atoms. The molecule has 0 N–H and O–H groups in total. The molecule has 5 heteroatoms. The van der Waals surface area contributed by atoms with Crippen molar-refractivity contribution in [3.05, 3.63) is 285 Å². The number of hydrogen-bond acceptors (Lipinski definition) is 3. The minimum atomic E-state index is -0.426. The zero-order valence-electron chi connectivity index (χ0n) is 40.6. The molecule has 0 radical (unpaired) electrons. The van der Waals surface area contributed by atoms with Gasteiger partial charge in [-0.15, -0.1) is 0 Å². The lowest BCUT2D eigenvalue weighted by Crippen LogP contribution is -2.38. The van der Waals surface area contributed by atoms with Gasteiger partial charge in [-0.3, -0.25) is 9.36 Å². The average molecular weight is 943 g/mol. The molecular weight excluding hydrogens is 893 g/mol. The Kier molecular flexibility index (Phi) is 10.6. The summed E-state index contributed by atoms with van der Waals surface area (Å²) in [5.74, 6) is 0.122. The van der Waals surface area contributed by atoms with Crippen LogP contribution in [0.2, 0.25) is 0 Å². The minimum absolute atomic E-state index is 0.0591. The number of furan rings is 1. The summed E-state index contributed by atoms with van der Waals surface area (Å²) in [5.41, 5.74) is 18.4. The van der Waals surface area contributed by atoms with Gasteiger partial charge in [0, 0.05) is 27.7 Å². The third kappa shape index (κ3) is 7.47. The molecule has 1 aliphatic carbocycles. The van der Waals surface area contributed by atoms with Crippen LogP contribution in [0.4, 0.5) is 0 Å². The van der Waals surface area contributed by atoms with Crippen molar-refractivity contribution < 1.29 is 4.42 Å². The highest BCUT2D eigenvalue weighted by Gasteiger charge is 2.36. The lowest BCUT2D eigenvalue weighted by atomic mass is 9.81. The molecular formula is C68H50N2O3. The number of nitrogens with zero attached hydrogens (tertiary/aromatic N) is 2. The van der Waals surface area contributed by atoms with E-state index in [1.54, 1.807) is 10.6 Å². The fourth-order valence-corrected chi connectivity index (χ4v) is 11.6. The van der Waals surface area contributed by atoms with E-state index in [0.717, 1.165) is 68.2 Å². The maximum absolute atomic E-state index is 14.6. The van der Waals surface area contributed by atoms with Crippen LogP contribution in [0.3, 0.4) is 0 Å². The van der Waals surface area contributed by atoms with Crippen LogP contribution < -0.4 is 11.2 Å². The van der Waals surface area contributed by atoms with Crippen LogP contribution in [-0.4, -0.2) is 9.13 Å².